The maximum absolute atomic E-state index is 13.8. The fraction of sp³-hybridized carbons (Fsp3) is 0.205. The van der Waals surface area contributed by atoms with Crippen LogP contribution in [0.2, 0.25) is 0 Å². The Balaban J connectivity index is 1.42. The van der Waals surface area contributed by atoms with Gasteiger partial charge in [-0.25, -0.2) is 4.79 Å². The number of halogens is 3. The van der Waals surface area contributed by atoms with E-state index in [1.165, 1.54) is 48.5 Å². The molecule has 5 aromatic carbocycles. The zero-order valence-corrected chi connectivity index (χ0v) is 31.0. The third-order valence-electron chi connectivity index (χ3n) is 8.77. The summed E-state index contributed by atoms with van der Waals surface area (Å²) in [5.74, 6) is -4.32. The number of anilines is 1. The van der Waals surface area contributed by atoms with Crippen molar-refractivity contribution in [2.75, 3.05) is 25.1 Å². The monoisotopic (exact) mass is 781 g/mol. The van der Waals surface area contributed by atoms with E-state index in [2.05, 4.69) is 5.32 Å². The number of ether oxygens (including phenoxy) is 4. The van der Waals surface area contributed by atoms with Gasteiger partial charge in [-0.2, -0.15) is 13.2 Å². The van der Waals surface area contributed by atoms with Gasteiger partial charge in [0.05, 0.1) is 36.4 Å². The molecule has 0 aliphatic heterocycles. The fourth-order valence-electron chi connectivity index (χ4n) is 5.90. The van der Waals surface area contributed by atoms with Crippen molar-refractivity contribution in [1.82, 2.24) is 0 Å². The van der Waals surface area contributed by atoms with Crippen LogP contribution in [0.3, 0.4) is 0 Å². The van der Waals surface area contributed by atoms with E-state index < -0.39 is 60.0 Å². The summed E-state index contributed by atoms with van der Waals surface area (Å²) in [6.07, 6.45) is -4.97. The minimum absolute atomic E-state index is 0.0186. The number of nitrogens with one attached hydrogen (secondary N) is 1. The number of carbonyl (C=O) groups excluding carboxylic acids is 5. The Hall–Kier alpha value is -6.76. The second-order valence-electron chi connectivity index (χ2n) is 12.6. The van der Waals surface area contributed by atoms with Crippen molar-refractivity contribution in [3.05, 3.63) is 161 Å². The number of carbonyl (C=O) groups is 5. The van der Waals surface area contributed by atoms with Crippen molar-refractivity contribution in [3.63, 3.8) is 0 Å². The van der Waals surface area contributed by atoms with E-state index in [0.29, 0.717) is 16.7 Å². The smallest absolute Gasteiger partial charge is 0.416 e. The standard InChI is InChI=1S/C44H38F3NO9/c1-3-54-41(52)43(42(53)55-4-2,32-15-9-6-10-16-32)28-57-38(49)26-30-19-24-37(36(25-30)40(51)56-27-29-13-7-5-8-14-29)48-39(50)35-18-12-11-17-34(35)31-20-22-33(23-21-31)44(45,46)47/h5-25H,3-4,26-28H2,1-2H3,(H,48,50). The quantitative estimate of drug-likeness (QED) is 0.0635. The van der Waals surface area contributed by atoms with Crippen LogP contribution in [-0.4, -0.2) is 49.6 Å². The van der Waals surface area contributed by atoms with E-state index in [1.54, 1.807) is 80.6 Å². The molecule has 0 spiro atoms. The number of benzene rings is 5. The van der Waals surface area contributed by atoms with Crippen LogP contribution in [0.1, 0.15) is 56.8 Å². The van der Waals surface area contributed by atoms with Crippen LogP contribution in [0, 0.1) is 0 Å². The number of esters is 4. The highest BCUT2D eigenvalue weighted by atomic mass is 19.4. The molecule has 57 heavy (non-hydrogen) atoms. The molecule has 0 saturated carbocycles. The van der Waals surface area contributed by atoms with Gasteiger partial charge in [-0.1, -0.05) is 97.1 Å². The number of amides is 1. The molecule has 10 nitrogen and oxygen atoms in total. The molecule has 0 fully saturated rings. The second-order valence-corrected chi connectivity index (χ2v) is 12.6. The normalized spacial score (nSPS) is 11.2. The van der Waals surface area contributed by atoms with Gasteiger partial charge in [-0.05, 0) is 72.0 Å². The molecular formula is C44H38F3NO9. The molecule has 0 heterocycles. The van der Waals surface area contributed by atoms with Crippen LogP contribution < -0.4 is 5.32 Å². The molecular weight excluding hydrogens is 743 g/mol. The topological polar surface area (TPSA) is 134 Å². The first-order valence-electron chi connectivity index (χ1n) is 17.8. The summed E-state index contributed by atoms with van der Waals surface area (Å²) >= 11 is 0. The van der Waals surface area contributed by atoms with Crippen molar-refractivity contribution in [2.24, 2.45) is 0 Å². The van der Waals surface area contributed by atoms with Crippen molar-refractivity contribution in [2.45, 2.75) is 38.5 Å². The van der Waals surface area contributed by atoms with Crippen LogP contribution in [-0.2, 0) is 58.0 Å². The molecule has 0 radical (unpaired) electrons. The highest BCUT2D eigenvalue weighted by Crippen LogP contribution is 2.33. The number of alkyl halides is 3. The number of rotatable bonds is 15. The molecule has 0 aromatic heterocycles. The third kappa shape index (κ3) is 10.1. The first kappa shape index (κ1) is 41.4. The lowest BCUT2D eigenvalue weighted by Gasteiger charge is -2.29. The predicted octanol–water partition coefficient (Wildman–Crippen LogP) is 8.13. The summed E-state index contributed by atoms with van der Waals surface area (Å²) in [4.78, 5) is 67.5. The second kappa shape index (κ2) is 18.7. The van der Waals surface area contributed by atoms with Crippen molar-refractivity contribution in [1.29, 1.82) is 0 Å². The van der Waals surface area contributed by atoms with E-state index in [9.17, 15) is 37.1 Å². The van der Waals surface area contributed by atoms with E-state index in [4.69, 9.17) is 18.9 Å². The Bertz CT molecular complexity index is 2190. The van der Waals surface area contributed by atoms with E-state index in [-0.39, 0.29) is 47.8 Å². The zero-order valence-electron chi connectivity index (χ0n) is 31.0. The van der Waals surface area contributed by atoms with E-state index in [0.717, 1.165) is 12.1 Å². The zero-order chi connectivity index (χ0) is 41.0. The minimum atomic E-state index is -4.54. The van der Waals surface area contributed by atoms with Gasteiger partial charge < -0.3 is 24.3 Å². The molecule has 0 aliphatic carbocycles. The van der Waals surface area contributed by atoms with Gasteiger partial charge in [0.15, 0.2) is 0 Å². The summed E-state index contributed by atoms with van der Waals surface area (Å²) in [6.45, 7) is 2.15. The Morgan fingerprint density at radius 3 is 1.81 bits per heavy atom. The first-order valence-corrected chi connectivity index (χ1v) is 17.8. The van der Waals surface area contributed by atoms with Crippen molar-refractivity contribution >= 4 is 35.5 Å². The van der Waals surface area contributed by atoms with Gasteiger partial charge in [-0.3, -0.25) is 19.2 Å². The van der Waals surface area contributed by atoms with Crippen molar-refractivity contribution in [3.8, 4) is 11.1 Å². The average Bonchev–Trinajstić information content (AvgIpc) is 3.21. The number of hydrogen-bond acceptors (Lipinski definition) is 9. The molecule has 13 heteroatoms. The van der Waals surface area contributed by atoms with E-state index >= 15 is 0 Å². The summed E-state index contributed by atoms with van der Waals surface area (Å²) < 4.78 is 61.3. The molecule has 1 amide bonds. The molecule has 0 bridgehead atoms. The molecule has 0 unspecified atom stereocenters. The Kier molecular flexibility index (Phi) is 13.6. The Morgan fingerprint density at radius 1 is 0.596 bits per heavy atom. The highest BCUT2D eigenvalue weighted by Gasteiger charge is 2.52. The van der Waals surface area contributed by atoms with Crippen LogP contribution in [0.15, 0.2) is 127 Å². The van der Waals surface area contributed by atoms with Crippen LogP contribution in [0.25, 0.3) is 11.1 Å². The highest BCUT2D eigenvalue weighted by molar-refractivity contribution is 6.11. The SMILES string of the molecule is CCOC(=O)C(COC(=O)Cc1ccc(NC(=O)c2ccccc2-c2ccc(C(F)(F)F)cc2)c(C(=O)OCc2ccccc2)c1)(C(=O)OCC)c1ccccc1. The predicted molar refractivity (Wildman–Crippen MR) is 203 cm³/mol. The summed E-state index contributed by atoms with van der Waals surface area (Å²) in [6, 6.07) is 31.6. The van der Waals surface area contributed by atoms with Gasteiger partial charge in [0, 0.05) is 5.56 Å². The van der Waals surface area contributed by atoms with Gasteiger partial charge in [0.1, 0.15) is 13.2 Å². The molecule has 1 N–H and O–H groups in total. The Labute approximate surface area is 326 Å². The third-order valence-corrected chi connectivity index (χ3v) is 8.77. The molecule has 5 aromatic rings. The molecule has 5 rings (SSSR count). The number of hydrogen-bond donors (Lipinski definition) is 1. The largest absolute Gasteiger partial charge is 0.465 e. The van der Waals surface area contributed by atoms with Crippen molar-refractivity contribution < 1.29 is 56.1 Å². The first-order chi connectivity index (χ1) is 27.4. The molecule has 0 aliphatic rings. The molecule has 0 atom stereocenters. The fourth-order valence-corrected chi connectivity index (χ4v) is 5.90. The molecule has 294 valence electrons. The summed E-state index contributed by atoms with van der Waals surface area (Å²) in [5, 5.41) is 2.71. The van der Waals surface area contributed by atoms with Gasteiger partial charge in [0.2, 0.25) is 5.41 Å². The van der Waals surface area contributed by atoms with Crippen LogP contribution in [0.4, 0.5) is 18.9 Å². The summed E-state index contributed by atoms with van der Waals surface area (Å²) in [5.41, 5.74) is -1.13. The van der Waals surface area contributed by atoms with Crippen LogP contribution >= 0.6 is 0 Å². The minimum Gasteiger partial charge on any atom is -0.465 e. The lowest BCUT2D eigenvalue weighted by atomic mass is 9.81. The lowest BCUT2D eigenvalue weighted by Crippen LogP contribution is -2.50. The lowest BCUT2D eigenvalue weighted by molar-refractivity contribution is -0.170. The van der Waals surface area contributed by atoms with Crippen LogP contribution in [0.5, 0.6) is 0 Å². The maximum Gasteiger partial charge on any atom is 0.416 e. The summed E-state index contributed by atoms with van der Waals surface area (Å²) in [7, 11) is 0. The van der Waals surface area contributed by atoms with E-state index in [1.807, 2.05) is 0 Å². The Morgan fingerprint density at radius 2 is 1.19 bits per heavy atom. The van der Waals surface area contributed by atoms with Gasteiger partial charge in [0.25, 0.3) is 5.91 Å². The molecule has 0 saturated heterocycles. The van der Waals surface area contributed by atoms with Gasteiger partial charge in [-0.15, -0.1) is 0 Å². The van der Waals surface area contributed by atoms with Gasteiger partial charge >= 0.3 is 30.1 Å². The maximum atomic E-state index is 13.8. The average molecular weight is 782 g/mol.